The van der Waals surface area contributed by atoms with E-state index in [0.29, 0.717) is 12.0 Å². The van der Waals surface area contributed by atoms with Crippen molar-refractivity contribution in [3.63, 3.8) is 0 Å². The molecule has 20 heavy (non-hydrogen) atoms. The van der Waals surface area contributed by atoms with Gasteiger partial charge < -0.3 is 15.5 Å². The molecule has 0 radical (unpaired) electrons. The van der Waals surface area contributed by atoms with Gasteiger partial charge in [-0.3, -0.25) is 4.79 Å². The van der Waals surface area contributed by atoms with Gasteiger partial charge in [-0.1, -0.05) is 0 Å². The van der Waals surface area contributed by atoms with Crippen LogP contribution in [0.1, 0.15) is 39.5 Å². The Morgan fingerprint density at radius 2 is 1.85 bits per heavy atom. The molecule has 2 aliphatic heterocycles. The van der Waals surface area contributed by atoms with E-state index >= 15 is 0 Å². The van der Waals surface area contributed by atoms with Crippen molar-refractivity contribution in [2.75, 3.05) is 32.7 Å². The molecule has 2 aliphatic rings. The number of piperidine rings is 2. The molecular formula is C15H30ClN3O. The average molecular weight is 304 g/mol. The van der Waals surface area contributed by atoms with Crippen molar-refractivity contribution in [1.82, 2.24) is 15.5 Å². The third-order valence-electron chi connectivity index (χ3n) is 4.75. The lowest BCUT2D eigenvalue weighted by Crippen LogP contribution is -2.45. The highest BCUT2D eigenvalue weighted by molar-refractivity contribution is 5.85. The van der Waals surface area contributed by atoms with Crippen LogP contribution >= 0.6 is 12.4 Å². The van der Waals surface area contributed by atoms with Gasteiger partial charge in [-0.15, -0.1) is 12.4 Å². The Labute approximate surface area is 129 Å². The van der Waals surface area contributed by atoms with Gasteiger partial charge in [-0.2, -0.15) is 0 Å². The fraction of sp³-hybridized carbons (Fsp3) is 0.933. The van der Waals surface area contributed by atoms with Gasteiger partial charge in [0, 0.05) is 19.5 Å². The first-order valence-electron chi connectivity index (χ1n) is 7.85. The summed E-state index contributed by atoms with van der Waals surface area (Å²) < 4.78 is 0. The highest BCUT2D eigenvalue weighted by Gasteiger charge is 2.26. The highest BCUT2D eigenvalue weighted by Crippen LogP contribution is 2.23. The van der Waals surface area contributed by atoms with E-state index < -0.39 is 0 Å². The largest absolute Gasteiger partial charge is 0.354 e. The van der Waals surface area contributed by atoms with Crippen molar-refractivity contribution in [2.45, 2.75) is 45.6 Å². The zero-order valence-electron chi connectivity index (χ0n) is 12.9. The molecule has 2 saturated heterocycles. The number of nitrogens with one attached hydrogen (secondary N) is 2. The minimum atomic E-state index is 0. The summed E-state index contributed by atoms with van der Waals surface area (Å²) in [6.45, 7) is 9.85. The molecule has 4 nitrogen and oxygen atoms in total. The molecule has 0 saturated carbocycles. The Bertz CT molecular complexity index is 287. The van der Waals surface area contributed by atoms with E-state index in [0.717, 1.165) is 5.92 Å². The van der Waals surface area contributed by atoms with Crippen LogP contribution in [0.4, 0.5) is 0 Å². The Hall–Kier alpha value is -0.320. The first-order valence-corrected chi connectivity index (χ1v) is 7.85. The third kappa shape index (κ3) is 5.58. The Morgan fingerprint density at radius 1 is 1.25 bits per heavy atom. The molecule has 0 aromatic heterocycles. The molecule has 118 valence electrons. The number of carbonyl (C=O) groups excluding carboxylic acids is 1. The summed E-state index contributed by atoms with van der Waals surface area (Å²) >= 11 is 0. The van der Waals surface area contributed by atoms with E-state index in [4.69, 9.17) is 0 Å². The summed E-state index contributed by atoms with van der Waals surface area (Å²) in [5.74, 6) is 1.66. The molecule has 0 aromatic carbocycles. The molecule has 0 aliphatic carbocycles. The first-order chi connectivity index (χ1) is 9.15. The standard InChI is InChI=1S/C15H29N3O.ClH/c1-12(17-13(2)19)15-5-9-18(10-6-15)11-14-3-7-16-8-4-14;/h12,14-16H,3-11H2,1-2H3,(H,17,19);1H. The molecule has 2 fully saturated rings. The van der Waals surface area contributed by atoms with E-state index in [1.54, 1.807) is 6.92 Å². The minimum Gasteiger partial charge on any atom is -0.354 e. The molecule has 0 spiro atoms. The van der Waals surface area contributed by atoms with E-state index in [2.05, 4.69) is 22.5 Å². The van der Waals surface area contributed by atoms with Crippen LogP contribution in [0.25, 0.3) is 0 Å². The van der Waals surface area contributed by atoms with Crippen LogP contribution < -0.4 is 10.6 Å². The Balaban J connectivity index is 0.00000200. The zero-order chi connectivity index (χ0) is 13.7. The number of rotatable bonds is 4. The monoisotopic (exact) mass is 303 g/mol. The SMILES string of the molecule is CC(=O)NC(C)C1CCN(CC2CCNCC2)CC1.Cl. The van der Waals surface area contributed by atoms with E-state index in [1.165, 1.54) is 58.4 Å². The minimum absolute atomic E-state index is 0. The summed E-state index contributed by atoms with van der Waals surface area (Å²) in [6, 6.07) is 0.332. The van der Waals surface area contributed by atoms with Crippen molar-refractivity contribution in [3.8, 4) is 0 Å². The van der Waals surface area contributed by atoms with E-state index in [-0.39, 0.29) is 18.3 Å². The van der Waals surface area contributed by atoms with Crippen LogP contribution in [-0.4, -0.2) is 49.6 Å². The molecule has 5 heteroatoms. The van der Waals surface area contributed by atoms with Crippen LogP contribution in [0.2, 0.25) is 0 Å². The lowest BCUT2D eigenvalue weighted by atomic mass is 9.89. The second-order valence-corrected chi connectivity index (χ2v) is 6.32. The molecule has 1 amide bonds. The molecular weight excluding hydrogens is 274 g/mol. The molecule has 1 unspecified atom stereocenters. The fourth-order valence-electron chi connectivity index (χ4n) is 3.50. The Kier molecular flexibility index (Phi) is 7.85. The van der Waals surface area contributed by atoms with E-state index in [9.17, 15) is 4.79 Å². The van der Waals surface area contributed by atoms with E-state index in [1.807, 2.05) is 0 Å². The third-order valence-corrected chi connectivity index (χ3v) is 4.75. The van der Waals surface area contributed by atoms with Gasteiger partial charge in [0.15, 0.2) is 0 Å². The fourth-order valence-corrected chi connectivity index (χ4v) is 3.50. The summed E-state index contributed by atoms with van der Waals surface area (Å²) in [7, 11) is 0. The molecule has 0 aromatic rings. The van der Waals surface area contributed by atoms with Gasteiger partial charge in [0.1, 0.15) is 0 Å². The first kappa shape index (κ1) is 17.7. The maximum absolute atomic E-state index is 11.1. The predicted octanol–water partition coefficient (Wildman–Crippen LogP) is 1.64. The summed E-state index contributed by atoms with van der Waals surface area (Å²) in [5.41, 5.74) is 0. The number of amides is 1. The highest BCUT2D eigenvalue weighted by atomic mass is 35.5. The molecule has 1 atom stereocenters. The van der Waals surface area contributed by atoms with Gasteiger partial charge in [-0.25, -0.2) is 0 Å². The van der Waals surface area contributed by atoms with Gasteiger partial charge in [0.05, 0.1) is 0 Å². The van der Waals surface area contributed by atoms with Crippen LogP contribution in [0.15, 0.2) is 0 Å². The Morgan fingerprint density at radius 3 is 2.40 bits per heavy atom. The smallest absolute Gasteiger partial charge is 0.217 e. The van der Waals surface area contributed by atoms with Crippen LogP contribution in [-0.2, 0) is 4.79 Å². The maximum Gasteiger partial charge on any atom is 0.217 e. The molecule has 0 bridgehead atoms. The van der Waals surface area contributed by atoms with Gasteiger partial charge in [0.2, 0.25) is 5.91 Å². The second-order valence-electron chi connectivity index (χ2n) is 6.32. The number of carbonyl (C=O) groups is 1. The van der Waals surface area contributed by atoms with Crippen LogP contribution in [0.5, 0.6) is 0 Å². The summed E-state index contributed by atoms with van der Waals surface area (Å²) in [5, 5.41) is 6.48. The van der Waals surface area contributed by atoms with Crippen molar-refractivity contribution < 1.29 is 4.79 Å². The van der Waals surface area contributed by atoms with Gasteiger partial charge in [0.25, 0.3) is 0 Å². The molecule has 2 rings (SSSR count). The number of hydrogen-bond donors (Lipinski definition) is 2. The number of nitrogens with zero attached hydrogens (tertiary/aromatic N) is 1. The maximum atomic E-state index is 11.1. The predicted molar refractivity (Wildman–Crippen MR) is 85.3 cm³/mol. The quantitative estimate of drug-likeness (QED) is 0.830. The van der Waals surface area contributed by atoms with Crippen LogP contribution in [0, 0.1) is 11.8 Å². The lowest BCUT2D eigenvalue weighted by Gasteiger charge is -2.37. The van der Waals surface area contributed by atoms with Crippen LogP contribution in [0.3, 0.4) is 0 Å². The lowest BCUT2D eigenvalue weighted by molar-refractivity contribution is -0.120. The zero-order valence-corrected chi connectivity index (χ0v) is 13.7. The van der Waals surface area contributed by atoms with Crippen molar-refractivity contribution in [3.05, 3.63) is 0 Å². The normalized spacial score (nSPS) is 23.9. The molecule has 2 heterocycles. The number of halogens is 1. The average Bonchev–Trinajstić information content (AvgIpc) is 2.40. The molecule has 2 N–H and O–H groups in total. The second kappa shape index (κ2) is 8.85. The topological polar surface area (TPSA) is 44.4 Å². The van der Waals surface area contributed by atoms with Crippen molar-refractivity contribution >= 4 is 18.3 Å². The van der Waals surface area contributed by atoms with Crippen molar-refractivity contribution in [1.29, 1.82) is 0 Å². The number of likely N-dealkylation sites (tertiary alicyclic amines) is 1. The van der Waals surface area contributed by atoms with Gasteiger partial charge >= 0.3 is 0 Å². The van der Waals surface area contributed by atoms with Crippen molar-refractivity contribution in [2.24, 2.45) is 11.8 Å². The summed E-state index contributed by atoms with van der Waals surface area (Å²) in [6.07, 6.45) is 5.13. The summed E-state index contributed by atoms with van der Waals surface area (Å²) in [4.78, 5) is 13.7. The number of hydrogen-bond acceptors (Lipinski definition) is 3. The van der Waals surface area contributed by atoms with Gasteiger partial charge in [-0.05, 0) is 70.6 Å².